The highest BCUT2D eigenvalue weighted by Crippen LogP contribution is 2.61. The lowest BCUT2D eigenvalue weighted by Gasteiger charge is -2.42. The number of hydrogen-bond donors (Lipinski definition) is 9. The Morgan fingerprint density at radius 3 is 2.27 bits per heavy atom. The summed E-state index contributed by atoms with van der Waals surface area (Å²) >= 11 is 0. The number of phosphoric ester groups is 2. The van der Waals surface area contributed by atoms with E-state index < -0.39 is 95.9 Å². The predicted molar refractivity (Wildman–Crippen MR) is 155 cm³/mol. The van der Waals surface area contributed by atoms with E-state index in [0.29, 0.717) is 13.2 Å². The maximum atomic E-state index is 12.8. The second-order valence-corrected chi connectivity index (χ2v) is 13.4. The van der Waals surface area contributed by atoms with Crippen molar-refractivity contribution in [1.82, 2.24) is 15.5 Å². The molecule has 0 bridgehead atoms. The highest BCUT2D eigenvalue weighted by atomic mass is 31.3. The summed E-state index contributed by atoms with van der Waals surface area (Å²) in [6.45, 7) is 2.68. The first kappa shape index (κ1) is 40.5. The minimum atomic E-state index is -5.68. The van der Waals surface area contributed by atoms with Gasteiger partial charge in [-0.15, -0.1) is 0 Å². The van der Waals surface area contributed by atoms with Crippen LogP contribution in [0.1, 0.15) is 6.42 Å². The number of methoxy groups -OCH3 is 1. The van der Waals surface area contributed by atoms with E-state index in [1.165, 1.54) is 13.3 Å². The number of amides is 2. The summed E-state index contributed by atoms with van der Waals surface area (Å²) in [4.78, 5) is 45.5. The third-order valence-electron chi connectivity index (χ3n) is 6.91. The van der Waals surface area contributed by atoms with Gasteiger partial charge in [-0.1, -0.05) is 6.58 Å². The fraction of sp³-hybridized carbons (Fsp3) is 0.750. The molecule has 11 atom stereocenters. The van der Waals surface area contributed by atoms with Gasteiger partial charge < -0.3 is 74.5 Å². The lowest BCUT2D eigenvalue weighted by Crippen LogP contribution is -2.64. The third kappa shape index (κ3) is 11.6. The van der Waals surface area contributed by atoms with E-state index in [9.17, 15) is 54.0 Å². The van der Waals surface area contributed by atoms with Gasteiger partial charge in [-0.05, 0) is 0 Å². The summed E-state index contributed by atoms with van der Waals surface area (Å²) in [5.74, 6) is -1.31. The van der Waals surface area contributed by atoms with Crippen molar-refractivity contribution in [2.75, 3.05) is 53.4 Å². The van der Waals surface area contributed by atoms with Gasteiger partial charge in [0.2, 0.25) is 5.91 Å². The lowest BCUT2D eigenvalue weighted by molar-refractivity contribution is -0.248. The molecule has 0 aromatic heterocycles. The van der Waals surface area contributed by atoms with Crippen molar-refractivity contribution in [2.24, 2.45) is 0 Å². The SMILES string of the molecule is C=C1NC(=O)C=CN1C1OC(COP(=O)(O)OP(=O)(O)O[C@H]2OC(CO)[C@H](O)[C@H](O)C2NC(=O)CCOCCOCCOC)C(O)C1O. The summed E-state index contributed by atoms with van der Waals surface area (Å²) in [5.41, 5.74) is 0. The standard InChI is InChI=1S/C24H41N3O19P2/c1-13-25-16(29)3-5-27(13)23-22(34)20(32)15(43-23)12-42-47(35,36)46-48(37,38)45-24-18(21(33)19(31)14(11-28)44-24)26-17(30)4-6-40-9-10-41-8-7-39-2/h3,5,14-15,18-24,28,31-34H,1,4,6-12H2,2H3,(H,25,29)(H,26,30)(H,35,36)(H,37,38)/t14?,15?,18?,19-,20?,21+,22?,23?,24+/m0/s1. The van der Waals surface area contributed by atoms with Crippen LogP contribution < -0.4 is 10.6 Å². The number of ether oxygens (including phenoxy) is 5. The van der Waals surface area contributed by atoms with Crippen molar-refractivity contribution >= 4 is 27.5 Å². The molecule has 3 heterocycles. The van der Waals surface area contributed by atoms with Gasteiger partial charge in [0.25, 0.3) is 5.91 Å². The maximum absolute atomic E-state index is 12.8. The minimum absolute atomic E-state index is 0.0109. The Kier molecular flexibility index (Phi) is 15.5. The monoisotopic (exact) mass is 737 g/mol. The molecule has 3 aliphatic heterocycles. The zero-order valence-electron chi connectivity index (χ0n) is 25.6. The van der Waals surface area contributed by atoms with E-state index in [1.54, 1.807) is 0 Å². The van der Waals surface area contributed by atoms with Gasteiger partial charge in [0.15, 0.2) is 12.5 Å². The van der Waals surface area contributed by atoms with Crippen LogP contribution in [0.3, 0.4) is 0 Å². The minimum Gasteiger partial charge on any atom is -0.394 e. The molecule has 2 amide bonds. The van der Waals surface area contributed by atoms with Crippen molar-refractivity contribution in [2.45, 2.75) is 61.6 Å². The first-order valence-corrected chi connectivity index (χ1v) is 17.3. The molecule has 276 valence electrons. The molecule has 0 radical (unpaired) electrons. The van der Waals surface area contributed by atoms with Gasteiger partial charge in [0, 0.05) is 25.8 Å². The normalized spacial score (nSPS) is 33.2. The number of aliphatic hydroxyl groups is 5. The molecule has 2 saturated heterocycles. The molecule has 0 saturated carbocycles. The quantitative estimate of drug-likeness (QED) is 0.0452. The number of rotatable bonds is 19. The molecule has 2 fully saturated rings. The number of phosphoric acid groups is 2. The van der Waals surface area contributed by atoms with E-state index in [2.05, 4.69) is 26.0 Å². The zero-order chi connectivity index (χ0) is 35.6. The first-order chi connectivity index (χ1) is 22.6. The van der Waals surface area contributed by atoms with Gasteiger partial charge in [-0.25, -0.2) is 9.13 Å². The van der Waals surface area contributed by atoms with Crippen LogP contribution in [0.15, 0.2) is 24.7 Å². The highest BCUT2D eigenvalue weighted by molar-refractivity contribution is 7.61. The lowest BCUT2D eigenvalue weighted by atomic mass is 9.97. The predicted octanol–water partition coefficient (Wildman–Crippen LogP) is -3.91. The van der Waals surface area contributed by atoms with Crippen LogP contribution in [0, 0.1) is 0 Å². The van der Waals surface area contributed by atoms with Crippen molar-refractivity contribution in [3.05, 3.63) is 24.7 Å². The van der Waals surface area contributed by atoms with E-state index in [1.807, 2.05) is 0 Å². The maximum Gasteiger partial charge on any atom is 0.483 e. The number of carbonyl (C=O) groups excluding carboxylic acids is 2. The Hall–Kier alpha value is -1.92. The molecule has 48 heavy (non-hydrogen) atoms. The molecule has 9 N–H and O–H groups in total. The Morgan fingerprint density at radius 2 is 1.62 bits per heavy atom. The summed E-state index contributed by atoms with van der Waals surface area (Å²) in [6.07, 6.45) is -11.6. The first-order valence-electron chi connectivity index (χ1n) is 14.3. The molecule has 0 aromatic rings. The third-order valence-corrected chi connectivity index (χ3v) is 9.51. The number of carbonyl (C=O) groups is 2. The van der Waals surface area contributed by atoms with Crippen LogP contribution >= 0.6 is 15.6 Å². The summed E-state index contributed by atoms with van der Waals surface area (Å²) in [5, 5.41) is 55.7. The van der Waals surface area contributed by atoms with Gasteiger partial charge in [0.05, 0.1) is 46.2 Å². The van der Waals surface area contributed by atoms with E-state index >= 15 is 0 Å². The van der Waals surface area contributed by atoms with E-state index in [0.717, 1.165) is 11.0 Å². The average molecular weight is 738 g/mol. The van der Waals surface area contributed by atoms with Gasteiger partial charge in [0.1, 0.15) is 48.5 Å². The van der Waals surface area contributed by atoms with Gasteiger partial charge in [-0.2, -0.15) is 4.31 Å². The average Bonchev–Trinajstić information content (AvgIpc) is 3.29. The number of nitrogens with one attached hydrogen (secondary N) is 2. The molecule has 0 spiro atoms. The number of nitrogens with zero attached hydrogens (tertiary/aromatic N) is 1. The summed E-state index contributed by atoms with van der Waals surface area (Å²) in [6, 6.07) is -1.76. The van der Waals surface area contributed by atoms with Crippen LogP contribution in [0.4, 0.5) is 0 Å². The van der Waals surface area contributed by atoms with E-state index in [-0.39, 0.29) is 32.1 Å². The largest absolute Gasteiger partial charge is 0.483 e. The zero-order valence-corrected chi connectivity index (χ0v) is 27.4. The molecule has 3 aliphatic rings. The molecule has 0 aliphatic carbocycles. The van der Waals surface area contributed by atoms with Crippen LogP contribution in [0.25, 0.3) is 0 Å². The molecule has 24 heteroatoms. The molecular weight excluding hydrogens is 696 g/mol. The second-order valence-electron chi connectivity index (χ2n) is 10.4. The topological polar surface area (TPSA) is 311 Å². The summed E-state index contributed by atoms with van der Waals surface area (Å²) < 4.78 is 65.1. The smallest absolute Gasteiger partial charge is 0.394 e. The van der Waals surface area contributed by atoms with Crippen molar-refractivity contribution < 1.29 is 91.1 Å². The number of hydrogen-bond acceptors (Lipinski definition) is 18. The molecule has 3 rings (SSSR count). The van der Waals surface area contributed by atoms with Crippen molar-refractivity contribution in [3.8, 4) is 0 Å². The molecule has 0 aromatic carbocycles. The summed E-state index contributed by atoms with van der Waals surface area (Å²) in [7, 11) is -9.70. The highest BCUT2D eigenvalue weighted by Gasteiger charge is 2.51. The Labute approximate surface area is 273 Å². The fourth-order valence-corrected chi connectivity index (χ4v) is 6.67. The molecule has 8 unspecified atom stereocenters. The Balaban J connectivity index is 1.56. The number of aliphatic hydroxyl groups excluding tert-OH is 5. The molecule has 22 nitrogen and oxygen atoms in total. The Morgan fingerprint density at radius 1 is 0.979 bits per heavy atom. The van der Waals surface area contributed by atoms with Crippen LogP contribution in [0.5, 0.6) is 0 Å². The van der Waals surface area contributed by atoms with E-state index in [4.69, 9.17) is 28.2 Å². The fourth-order valence-electron chi connectivity index (χ4n) is 4.51. The second kappa shape index (κ2) is 18.4. The molecular formula is C24H41N3O19P2. The van der Waals surface area contributed by atoms with Gasteiger partial charge in [-0.3, -0.25) is 18.6 Å². The van der Waals surface area contributed by atoms with Crippen molar-refractivity contribution in [3.63, 3.8) is 0 Å². The van der Waals surface area contributed by atoms with Gasteiger partial charge >= 0.3 is 15.6 Å². The van der Waals surface area contributed by atoms with Crippen molar-refractivity contribution in [1.29, 1.82) is 0 Å². The Bertz CT molecular complexity index is 1230. The van der Waals surface area contributed by atoms with Crippen LogP contribution in [-0.2, 0) is 55.8 Å². The van der Waals surface area contributed by atoms with Crippen LogP contribution in [0.2, 0.25) is 0 Å². The van der Waals surface area contributed by atoms with Crippen LogP contribution in [-0.4, -0.2) is 161 Å².